The van der Waals surface area contributed by atoms with Crippen LogP contribution in [0.4, 0.5) is 5.69 Å². The van der Waals surface area contributed by atoms with Crippen LogP contribution in [-0.2, 0) is 9.53 Å². The Morgan fingerprint density at radius 3 is 2.40 bits per heavy atom. The van der Waals surface area contributed by atoms with Crippen molar-refractivity contribution in [1.82, 2.24) is 10.6 Å². The molecule has 1 heterocycles. The Hall–Kier alpha value is -3.12. The number of hydrogen-bond acceptors (Lipinski definition) is 4. The van der Waals surface area contributed by atoms with Gasteiger partial charge in [-0.1, -0.05) is 29.8 Å². The smallest absolute Gasteiger partial charge is 0.267 e. The molecular weight excluding hydrogens is 378 g/mol. The Kier molecular flexibility index (Phi) is 7.25. The SMILES string of the molecule is Cc1ccc(C(=O)N/C(=C\c2ccc(N(C)C)cc2)C(=O)NCC2CCCO2)cc1. The lowest BCUT2D eigenvalue weighted by molar-refractivity contribution is -0.118. The van der Waals surface area contributed by atoms with Crippen molar-refractivity contribution in [2.45, 2.75) is 25.9 Å². The van der Waals surface area contributed by atoms with Gasteiger partial charge in [-0.3, -0.25) is 9.59 Å². The summed E-state index contributed by atoms with van der Waals surface area (Å²) in [5.74, 6) is -0.652. The number of hydrogen-bond donors (Lipinski definition) is 2. The number of carbonyl (C=O) groups excluding carboxylic acids is 2. The number of nitrogens with zero attached hydrogens (tertiary/aromatic N) is 1. The summed E-state index contributed by atoms with van der Waals surface area (Å²) in [6.45, 7) is 3.12. The van der Waals surface area contributed by atoms with Crippen LogP contribution in [0.3, 0.4) is 0 Å². The fraction of sp³-hybridized carbons (Fsp3) is 0.333. The van der Waals surface area contributed by atoms with Gasteiger partial charge in [-0.15, -0.1) is 0 Å². The summed E-state index contributed by atoms with van der Waals surface area (Å²) < 4.78 is 5.57. The van der Waals surface area contributed by atoms with Crippen molar-refractivity contribution in [1.29, 1.82) is 0 Å². The highest BCUT2D eigenvalue weighted by Gasteiger charge is 2.19. The molecule has 6 heteroatoms. The molecule has 0 aromatic heterocycles. The van der Waals surface area contributed by atoms with Crippen LogP contribution in [0.5, 0.6) is 0 Å². The summed E-state index contributed by atoms with van der Waals surface area (Å²) in [6, 6.07) is 15.0. The number of benzene rings is 2. The molecule has 1 saturated heterocycles. The molecule has 0 radical (unpaired) electrons. The molecule has 0 aliphatic carbocycles. The van der Waals surface area contributed by atoms with Gasteiger partial charge in [0.05, 0.1) is 6.10 Å². The first kappa shape index (κ1) is 21.6. The Morgan fingerprint density at radius 2 is 1.80 bits per heavy atom. The van der Waals surface area contributed by atoms with Crippen LogP contribution in [0, 0.1) is 6.92 Å². The van der Waals surface area contributed by atoms with Crippen LogP contribution < -0.4 is 15.5 Å². The summed E-state index contributed by atoms with van der Waals surface area (Å²) in [7, 11) is 3.94. The maximum Gasteiger partial charge on any atom is 0.267 e. The van der Waals surface area contributed by atoms with E-state index < -0.39 is 0 Å². The van der Waals surface area contributed by atoms with Crippen molar-refractivity contribution in [3.05, 3.63) is 70.9 Å². The topological polar surface area (TPSA) is 70.7 Å². The number of rotatable bonds is 7. The Morgan fingerprint density at radius 1 is 1.10 bits per heavy atom. The molecule has 0 saturated carbocycles. The van der Waals surface area contributed by atoms with Gasteiger partial charge in [-0.25, -0.2) is 0 Å². The van der Waals surface area contributed by atoms with Gasteiger partial charge >= 0.3 is 0 Å². The Balaban J connectivity index is 1.78. The van der Waals surface area contributed by atoms with Crippen molar-refractivity contribution >= 4 is 23.6 Å². The second-order valence-electron chi connectivity index (χ2n) is 7.71. The molecule has 0 bridgehead atoms. The van der Waals surface area contributed by atoms with Crippen molar-refractivity contribution in [2.24, 2.45) is 0 Å². The molecule has 2 N–H and O–H groups in total. The summed E-state index contributed by atoms with van der Waals surface area (Å²) in [5.41, 5.74) is 3.66. The molecule has 158 valence electrons. The van der Waals surface area contributed by atoms with Crippen LogP contribution >= 0.6 is 0 Å². The van der Waals surface area contributed by atoms with E-state index in [0.29, 0.717) is 12.1 Å². The number of anilines is 1. The number of carbonyl (C=O) groups is 2. The molecule has 1 atom stereocenters. The molecule has 1 aliphatic rings. The van der Waals surface area contributed by atoms with E-state index in [2.05, 4.69) is 10.6 Å². The third-order valence-corrected chi connectivity index (χ3v) is 5.04. The zero-order chi connectivity index (χ0) is 21.5. The summed E-state index contributed by atoms with van der Waals surface area (Å²) in [5, 5.41) is 5.66. The van der Waals surface area contributed by atoms with Crippen molar-refractivity contribution in [3.63, 3.8) is 0 Å². The van der Waals surface area contributed by atoms with E-state index in [-0.39, 0.29) is 23.6 Å². The number of aryl methyl sites for hydroxylation is 1. The molecule has 2 aromatic rings. The van der Waals surface area contributed by atoms with Gasteiger partial charge in [0.2, 0.25) is 0 Å². The molecule has 2 aromatic carbocycles. The van der Waals surface area contributed by atoms with Crippen LogP contribution in [0.1, 0.15) is 34.3 Å². The molecule has 6 nitrogen and oxygen atoms in total. The minimum absolute atomic E-state index is 0.0300. The number of nitrogens with one attached hydrogen (secondary N) is 2. The largest absolute Gasteiger partial charge is 0.378 e. The van der Waals surface area contributed by atoms with E-state index in [0.717, 1.165) is 36.3 Å². The number of ether oxygens (including phenoxy) is 1. The van der Waals surface area contributed by atoms with Crippen molar-refractivity contribution in [2.75, 3.05) is 32.1 Å². The third-order valence-electron chi connectivity index (χ3n) is 5.04. The van der Waals surface area contributed by atoms with Crippen LogP contribution in [0.15, 0.2) is 54.2 Å². The summed E-state index contributed by atoms with van der Waals surface area (Å²) in [6.07, 6.45) is 3.66. The Bertz CT molecular complexity index is 896. The molecule has 0 spiro atoms. The quantitative estimate of drug-likeness (QED) is 0.692. The van der Waals surface area contributed by atoms with Gasteiger partial charge in [0.15, 0.2) is 0 Å². The lowest BCUT2D eigenvalue weighted by Gasteiger charge is -2.15. The molecular formula is C24H29N3O3. The van der Waals surface area contributed by atoms with Gasteiger partial charge in [0.25, 0.3) is 11.8 Å². The standard InChI is InChI=1S/C24H29N3O3/c1-17-6-10-19(11-7-17)23(28)26-22(24(29)25-16-21-5-4-14-30-21)15-18-8-12-20(13-9-18)27(2)3/h6-13,15,21H,4-5,14,16H2,1-3H3,(H,25,29)(H,26,28)/b22-15-. The maximum absolute atomic E-state index is 12.8. The lowest BCUT2D eigenvalue weighted by atomic mass is 10.1. The van der Waals surface area contributed by atoms with E-state index in [1.54, 1.807) is 18.2 Å². The first-order chi connectivity index (χ1) is 14.4. The zero-order valence-corrected chi connectivity index (χ0v) is 17.8. The molecule has 30 heavy (non-hydrogen) atoms. The normalized spacial score (nSPS) is 16.2. The van der Waals surface area contributed by atoms with E-state index in [9.17, 15) is 9.59 Å². The Labute approximate surface area is 177 Å². The first-order valence-corrected chi connectivity index (χ1v) is 10.2. The van der Waals surface area contributed by atoms with Gasteiger partial charge in [0, 0.05) is 38.5 Å². The second kappa shape index (κ2) is 10.1. The molecule has 1 unspecified atom stereocenters. The summed E-state index contributed by atoms with van der Waals surface area (Å²) in [4.78, 5) is 27.5. The monoisotopic (exact) mass is 407 g/mol. The highest BCUT2D eigenvalue weighted by atomic mass is 16.5. The molecule has 2 amide bonds. The average molecular weight is 408 g/mol. The van der Waals surface area contributed by atoms with Gasteiger partial charge in [-0.2, -0.15) is 0 Å². The fourth-order valence-corrected chi connectivity index (χ4v) is 3.20. The van der Waals surface area contributed by atoms with Gasteiger partial charge in [0.1, 0.15) is 5.70 Å². The fourth-order valence-electron chi connectivity index (χ4n) is 3.20. The third kappa shape index (κ3) is 5.94. The zero-order valence-electron chi connectivity index (χ0n) is 17.8. The molecule has 1 aliphatic heterocycles. The lowest BCUT2D eigenvalue weighted by Crippen LogP contribution is -2.38. The van der Waals surface area contributed by atoms with E-state index >= 15 is 0 Å². The van der Waals surface area contributed by atoms with Crippen LogP contribution in [0.2, 0.25) is 0 Å². The van der Waals surface area contributed by atoms with E-state index in [1.165, 1.54) is 0 Å². The van der Waals surface area contributed by atoms with Gasteiger partial charge < -0.3 is 20.3 Å². The van der Waals surface area contributed by atoms with Crippen molar-refractivity contribution < 1.29 is 14.3 Å². The van der Waals surface area contributed by atoms with Crippen molar-refractivity contribution in [3.8, 4) is 0 Å². The molecule has 3 rings (SSSR count). The minimum Gasteiger partial charge on any atom is -0.378 e. The predicted octanol–water partition coefficient (Wildman–Crippen LogP) is 3.13. The summed E-state index contributed by atoms with van der Waals surface area (Å²) >= 11 is 0. The van der Waals surface area contributed by atoms with Crippen LogP contribution in [-0.4, -0.2) is 45.2 Å². The number of amides is 2. The average Bonchev–Trinajstić information content (AvgIpc) is 3.26. The molecule has 1 fully saturated rings. The van der Waals surface area contributed by atoms with E-state index in [1.807, 2.05) is 62.3 Å². The first-order valence-electron chi connectivity index (χ1n) is 10.2. The predicted molar refractivity (Wildman–Crippen MR) is 119 cm³/mol. The highest BCUT2D eigenvalue weighted by molar-refractivity contribution is 6.05. The highest BCUT2D eigenvalue weighted by Crippen LogP contribution is 2.15. The van der Waals surface area contributed by atoms with E-state index in [4.69, 9.17) is 4.74 Å². The maximum atomic E-state index is 12.8. The minimum atomic E-state index is -0.331. The second-order valence-corrected chi connectivity index (χ2v) is 7.71. The van der Waals surface area contributed by atoms with Gasteiger partial charge in [-0.05, 0) is 55.7 Å². The van der Waals surface area contributed by atoms with Crippen LogP contribution in [0.25, 0.3) is 6.08 Å².